The molecule has 0 unspecified atom stereocenters. The monoisotopic (exact) mass is 345 g/mol. The zero-order valence-corrected chi connectivity index (χ0v) is 13.6. The first-order valence-electron chi connectivity index (χ1n) is 7.20. The number of nitrogens with two attached hydrogens (primary N) is 1. The molecule has 0 bridgehead atoms. The molecule has 3 nitrogen and oxygen atoms in total. The van der Waals surface area contributed by atoms with Gasteiger partial charge in [-0.1, -0.05) is 30.3 Å². The lowest BCUT2D eigenvalue weighted by Gasteiger charge is -2.10. The van der Waals surface area contributed by atoms with Gasteiger partial charge in [-0.05, 0) is 42.0 Å². The first-order valence-corrected chi connectivity index (χ1v) is 7.20. The summed E-state index contributed by atoms with van der Waals surface area (Å²) in [5, 5.41) is 0. The molecule has 3 aromatic carbocycles. The second kappa shape index (κ2) is 8.22. The molecule has 2 N–H and O–H groups in total. The zero-order valence-electron chi connectivity index (χ0n) is 12.8. The standard InChI is InChI=1S/C19H16FNO2.ClH/c20-15-6-11-19(18(21)12-15)23-17-9-7-16(8-10-17)22-13-14-4-2-1-3-5-14;/h1-12H,13,21H2;1H. The van der Waals surface area contributed by atoms with Crippen LogP contribution in [0.4, 0.5) is 10.1 Å². The maximum absolute atomic E-state index is 13.0. The predicted molar refractivity (Wildman–Crippen MR) is 95.4 cm³/mol. The molecule has 0 saturated carbocycles. The van der Waals surface area contributed by atoms with E-state index < -0.39 is 0 Å². The molecule has 0 amide bonds. The number of nitrogen functional groups attached to an aromatic ring is 1. The Labute approximate surface area is 146 Å². The van der Waals surface area contributed by atoms with E-state index in [0.29, 0.717) is 18.1 Å². The number of hydrogen-bond acceptors (Lipinski definition) is 3. The summed E-state index contributed by atoms with van der Waals surface area (Å²) in [5.74, 6) is 1.38. The van der Waals surface area contributed by atoms with Gasteiger partial charge in [0.25, 0.3) is 0 Å². The van der Waals surface area contributed by atoms with E-state index in [2.05, 4.69) is 0 Å². The van der Waals surface area contributed by atoms with Crippen molar-refractivity contribution in [2.45, 2.75) is 6.61 Å². The van der Waals surface area contributed by atoms with Crippen LogP contribution in [-0.4, -0.2) is 0 Å². The molecule has 0 aliphatic carbocycles. The van der Waals surface area contributed by atoms with Gasteiger partial charge in [0.2, 0.25) is 0 Å². The fraction of sp³-hybridized carbons (Fsp3) is 0.0526. The Morgan fingerprint density at radius 1 is 0.833 bits per heavy atom. The van der Waals surface area contributed by atoms with Gasteiger partial charge in [0.1, 0.15) is 23.9 Å². The van der Waals surface area contributed by atoms with Crippen molar-refractivity contribution in [3.8, 4) is 17.2 Å². The van der Waals surface area contributed by atoms with Crippen molar-refractivity contribution in [3.63, 3.8) is 0 Å². The summed E-state index contributed by atoms with van der Waals surface area (Å²) in [6.45, 7) is 0.506. The molecule has 124 valence electrons. The van der Waals surface area contributed by atoms with Crippen molar-refractivity contribution in [1.82, 2.24) is 0 Å². The molecule has 0 heterocycles. The van der Waals surface area contributed by atoms with E-state index in [9.17, 15) is 4.39 Å². The van der Waals surface area contributed by atoms with Gasteiger partial charge >= 0.3 is 0 Å². The molecule has 24 heavy (non-hydrogen) atoms. The fourth-order valence-electron chi connectivity index (χ4n) is 2.08. The highest BCUT2D eigenvalue weighted by Crippen LogP contribution is 2.29. The summed E-state index contributed by atoms with van der Waals surface area (Å²) >= 11 is 0. The van der Waals surface area contributed by atoms with Gasteiger partial charge in [-0.15, -0.1) is 12.4 Å². The van der Waals surface area contributed by atoms with E-state index in [4.69, 9.17) is 15.2 Å². The summed E-state index contributed by atoms with van der Waals surface area (Å²) in [4.78, 5) is 0. The van der Waals surface area contributed by atoms with Crippen molar-refractivity contribution in [3.05, 3.63) is 84.2 Å². The van der Waals surface area contributed by atoms with E-state index in [1.807, 2.05) is 42.5 Å². The smallest absolute Gasteiger partial charge is 0.150 e. The van der Waals surface area contributed by atoms with Crippen molar-refractivity contribution >= 4 is 18.1 Å². The Hall–Kier alpha value is -2.72. The molecule has 0 aliphatic heterocycles. The number of halogens is 2. The van der Waals surface area contributed by atoms with E-state index in [1.165, 1.54) is 18.2 Å². The minimum Gasteiger partial charge on any atom is -0.489 e. The molecular formula is C19H17ClFNO2. The van der Waals surface area contributed by atoms with Crippen LogP contribution in [0.1, 0.15) is 5.56 Å². The summed E-state index contributed by atoms with van der Waals surface area (Å²) in [7, 11) is 0. The molecule has 0 radical (unpaired) electrons. The lowest BCUT2D eigenvalue weighted by atomic mass is 10.2. The van der Waals surface area contributed by atoms with Crippen molar-refractivity contribution in [2.24, 2.45) is 0 Å². The van der Waals surface area contributed by atoms with Crippen LogP contribution in [0.25, 0.3) is 0 Å². The van der Waals surface area contributed by atoms with Crippen molar-refractivity contribution < 1.29 is 13.9 Å². The van der Waals surface area contributed by atoms with Gasteiger partial charge in [-0.2, -0.15) is 0 Å². The molecule has 0 spiro atoms. The average Bonchev–Trinajstić information content (AvgIpc) is 2.58. The zero-order chi connectivity index (χ0) is 16.1. The SMILES string of the molecule is Cl.Nc1cc(F)ccc1Oc1ccc(OCc2ccccc2)cc1. The van der Waals surface area contributed by atoms with Gasteiger partial charge in [0.05, 0.1) is 5.69 Å². The maximum Gasteiger partial charge on any atom is 0.150 e. The third-order valence-corrected chi connectivity index (χ3v) is 3.27. The topological polar surface area (TPSA) is 44.5 Å². The second-order valence-electron chi connectivity index (χ2n) is 5.03. The third kappa shape index (κ3) is 4.64. The Balaban J connectivity index is 0.00000208. The highest BCUT2D eigenvalue weighted by molar-refractivity contribution is 5.85. The highest BCUT2D eigenvalue weighted by atomic mass is 35.5. The number of anilines is 1. The normalized spacial score (nSPS) is 9.88. The van der Waals surface area contributed by atoms with Gasteiger partial charge < -0.3 is 15.2 Å². The first kappa shape index (κ1) is 17.6. The third-order valence-electron chi connectivity index (χ3n) is 3.27. The second-order valence-corrected chi connectivity index (χ2v) is 5.03. The lowest BCUT2D eigenvalue weighted by molar-refractivity contribution is 0.306. The highest BCUT2D eigenvalue weighted by Gasteiger charge is 2.04. The average molecular weight is 346 g/mol. The molecule has 0 atom stereocenters. The van der Waals surface area contributed by atoms with Gasteiger partial charge in [-0.25, -0.2) is 4.39 Å². The van der Waals surface area contributed by atoms with E-state index >= 15 is 0 Å². The Kier molecular flexibility index (Phi) is 6.04. The fourth-order valence-corrected chi connectivity index (χ4v) is 2.08. The van der Waals surface area contributed by atoms with E-state index in [0.717, 1.165) is 11.3 Å². The molecular weight excluding hydrogens is 329 g/mol. The molecule has 3 aromatic rings. The molecule has 0 aromatic heterocycles. The Morgan fingerprint density at radius 3 is 2.17 bits per heavy atom. The van der Waals surface area contributed by atoms with Crippen LogP contribution < -0.4 is 15.2 Å². The van der Waals surface area contributed by atoms with Crippen LogP contribution in [0.15, 0.2) is 72.8 Å². The summed E-state index contributed by atoms with van der Waals surface area (Å²) in [6.07, 6.45) is 0. The van der Waals surface area contributed by atoms with Gasteiger partial charge in [-0.3, -0.25) is 0 Å². The number of ether oxygens (including phenoxy) is 2. The number of rotatable bonds is 5. The van der Waals surface area contributed by atoms with Crippen molar-refractivity contribution in [1.29, 1.82) is 0 Å². The quantitative estimate of drug-likeness (QED) is 0.646. The Morgan fingerprint density at radius 2 is 1.50 bits per heavy atom. The summed E-state index contributed by atoms with van der Waals surface area (Å²) in [5.41, 5.74) is 7.08. The predicted octanol–water partition coefficient (Wildman–Crippen LogP) is 5.20. The van der Waals surface area contributed by atoms with Crippen LogP contribution >= 0.6 is 12.4 Å². The number of benzene rings is 3. The van der Waals surface area contributed by atoms with Gasteiger partial charge in [0.15, 0.2) is 5.75 Å². The van der Waals surface area contributed by atoms with Crippen molar-refractivity contribution in [2.75, 3.05) is 5.73 Å². The largest absolute Gasteiger partial charge is 0.489 e. The molecule has 0 fully saturated rings. The van der Waals surface area contributed by atoms with Crippen LogP contribution in [-0.2, 0) is 6.61 Å². The maximum atomic E-state index is 13.0. The van der Waals surface area contributed by atoms with E-state index in [-0.39, 0.29) is 23.9 Å². The lowest BCUT2D eigenvalue weighted by Crippen LogP contribution is -1.95. The minimum atomic E-state index is -0.389. The summed E-state index contributed by atoms with van der Waals surface area (Å²) < 4.78 is 24.4. The van der Waals surface area contributed by atoms with Gasteiger partial charge in [0, 0.05) is 6.07 Å². The van der Waals surface area contributed by atoms with Crippen LogP contribution in [0.3, 0.4) is 0 Å². The van der Waals surface area contributed by atoms with Crippen LogP contribution in [0.2, 0.25) is 0 Å². The Bertz CT molecular complexity index is 779. The summed E-state index contributed by atoms with van der Waals surface area (Å²) in [6, 6.07) is 21.2. The molecule has 5 heteroatoms. The first-order chi connectivity index (χ1) is 11.2. The van der Waals surface area contributed by atoms with Crippen LogP contribution in [0, 0.1) is 5.82 Å². The van der Waals surface area contributed by atoms with E-state index in [1.54, 1.807) is 12.1 Å². The van der Waals surface area contributed by atoms with Crippen LogP contribution in [0.5, 0.6) is 17.2 Å². The minimum absolute atomic E-state index is 0. The number of hydrogen-bond donors (Lipinski definition) is 1. The molecule has 3 rings (SSSR count). The molecule has 0 saturated heterocycles. The molecule has 0 aliphatic rings.